The number of aryl methyl sites for hydroxylation is 1. The first-order chi connectivity index (χ1) is 16.7. The number of pyridine rings is 1. The number of ether oxygens (including phenoxy) is 2. The van der Waals surface area contributed by atoms with Crippen molar-refractivity contribution >= 4 is 17.7 Å². The van der Waals surface area contributed by atoms with Crippen LogP contribution in [-0.4, -0.2) is 28.8 Å². The third-order valence-corrected chi connectivity index (χ3v) is 5.82. The fraction of sp³-hybridized carbons (Fsp3) is 0.214. The van der Waals surface area contributed by atoms with Crippen molar-refractivity contribution in [3.8, 4) is 22.8 Å². The summed E-state index contributed by atoms with van der Waals surface area (Å²) in [6.45, 7) is 9.78. The number of nitrogens with one attached hydrogen (secondary N) is 1. The number of nitrogens with zero attached hydrogens (tertiary/aromatic N) is 2. The molecule has 180 valence electrons. The number of methoxy groups -OCH3 is 1. The minimum absolute atomic E-state index is 0.159. The van der Waals surface area contributed by atoms with Crippen LogP contribution in [0.3, 0.4) is 0 Å². The Morgan fingerprint density at radius 2 is 2.03 bits per heavy atom. The average molecular weight is 472 g/mol. The largest absolute Gasteiger partial charge is 0.494 e. The van der Waals surface area contributed by atoms with Crippen molar-refractivity contribution in [1.82, 2.24) is 10.4 Å². The van der Waals surface area contributed by atoms with E-state index < -0.39 is 11.5 Å². The van der Waals surface area contributed by atoms with Gasteiger partial charge in [0.15, 0.2) is 17.2 Å². The molecular formula is C28H29N3O4. The third kappa shape index (κ3) is 5.05. The second-order valence-corrected chi connectivity index (χ2v) is 9.01. The van der Waals surface area contributed by atoms with Crippen LogP contribution in [0.25, 0.3) is 17.3 Å². The van der Waals surface area contributed by atoms with E-state index in [2.05, 4.69) is 17.0 Å². The molecular weight excluding hydrogens is 442 g/mol. The lowest BCUT2D eigenvalue weighted by Gasteiger charge is -2.24. The number of hydrogen-bond acceptors (Lipinski definition) is 6. The summed E-state index contributed by atoms with van der Waals surface area (Å²) in [4.78, 5) is 17.3. The number of amides is 1. The molecule has 0 saturated heterocycles. The van der Waals surface area contributed by atoms with Gasteiger partial charge in [0, 0.05) is 29.3 Å². The monoisotopic (exact) mass is 471 g/mol. The van der Waals surface area contributed by atoms with E-state index in [-0.39, 0.29) is 11.3 Å². The molecule has 0 unspecified atom stereocenters. The Bertz CT molecular complexity index is 1300. The van der Waals surface area contributed by atoms with Crippen LogP contribution in [0.15, 0.2) is 73.0 Å². The first-order valence-corrected chi connectivity index (χ1v) is 11.3. The molecule has 0 radical (unpaired) electrons. The van der Waals surface area contributed by atoms with Gasteiger partial charge in [-0.1, -0.05) is 43.0 Å². The van der Waals surface area contributed by atoms with E-state index in [1.54, 1.807) is 18.3 Å². The molecule has 3 aromatic rings. The van der Waals surface area contributed by atoms with Crippen molar-refractivity contribution in [3.05, 3.63) is 89.6 Å². The summed E-state index contributed by atoms with van der Waals surface area (Å²) in [6.07, 6.45) is 5.86. The number of aromatic nitrogens is 1. The highest BCUT2D eigenvalue weighted by Crippen LogP contribution is 2.46. The van der Waals surface area contributed by atoms with E-state index in [0.717, 1.165) is 27.9 Å². The van der Waals surface area contributed by atoms with Crippen molar-refractivity contribution in [2.24, 2.45) is 0 Å². The summed E-state index contributed by atoms with van der Waals surface area (Å²) in [5.74, 6) is 0.261. The number of carbonyl (C=O) groups excluding carboxylic acids is 1. The Labute approximate surface area is 205 Å². The minimum atomic E-state index is -0.575. The van der Waals surface area contributed by atoms with Crippen LogP contribution in [0.2, 0.25) is 0 Å². The zero-order valence-electron chi connectivity index (χ0n) is 20.3. The van der Waals surface area contributed by atoms with Crippen molar-refractivity contribution in [1.29, 1.82) is 0 Å². The van der Waals surface area contributed by atoms with E-state index in [1.165, 1.54) is 7.11 Å². The minimum Gasteiger partial charge on any atom is -0.494 e. The van der Waals surface area contributed by atoms with E-state index in [0.29, 0.717) is 23.1 Å². The van der Waals surface area contributed by atoms with Gasteiger partial charge in [-0.2, -0.15) is 5.17 Å². The van der Waals surface area contributed by atoms with Gasteiger partial charge in [-0.25, -0.2) is 5.43 Å². The zero-order valence-corrected chi connectivity index (χ0v) is 20.3. The summed E-state index contributed by atoms with van der Waals surface area (Å²) in [7, 11) is 1.49. The van der Waals surface area contributed by atoms with Gasteiger partial charge in [0.25, 0.3) is 5.91 Å². The molecule has 2 aromatic carbocycles. The molecule has 2 heterocycles. The first-order valence-electron chi connectivity index (χ1n) is 11.3. The van der Waals surface area contributed by atoms with Crippen LogP contribution in [0.4, 0.5) is 5.69 Å². The van der Waals surface area contributed by atoms with Gasteiger partial charge in [0.1, 0.15) is 5.60 Å². The van der Waals surface area contributed by atoms with Gasteiger partial charge in [0.05, 0.1) is 12.8 Å². The molecule has 1 aliphatic heterocycles. The van der Waals surface area contributed by atoms with Crippen LogP contribution >= 0.6 is 0 Å². The second kappa shape index (κ2) is 9.64. The molecule has 1 amide bonds. The second-order valence-electron chi connectivity index (χ2n) is 9.01. The fourth-order valence-corrected chi connectivity index (χ4v) is 4.12. The van der Waals surface area contributed by atoms with Gasteiger partial charge < -0.3 is 9.47 Å². The molecule has 7 heteroatoms. The molecule has 2 N–H and O–H groups in total. The molecule has 35 heavy (non-hydrogen) atoms. The average Bonchev–Trinajstić information content (AvgIpc) is 3.16. The molecule has 1 aromatic heterocycles. The van der Waals surface area contributed by atoms with Gasteiger partial charge in [-0.15, -0.1) is 0 Å². The standard InChI is InChI=1S/C28H29N3O4/c1-18-9-8-10-22(23-11-6-7-16-29-23)21(18)14-12-19(2)27(32)30-31(33)25-24(34-5)15-13-20-17-28(3,4)35-26(20)25/h6-16,33H,2,17H2,1,3-5H3,(H,30,32)/b14-12-. The first kappa shape index (κ1) is 24.0. The number of anilines is 1. The highest BCUT2D eigenvalue weighted by molar-refractivity contribution is 5.98. The smallest absolute Gasteiger partial charge is 0.271 e. The number of hydrazine groups is 1. The molecule has 0 atom stereocenters. The van der Waals surface area contributed by atoms with Crippen LogP contribution in [0.1, 0.15) is 30.5 Å². The van der Waals surface area contributed by atoms with E-state index in [4.69, 9.17) is 9.47 Å². The summed E-state index contributed by atoms with van der Waals surface area (Å²) in [6, 6.07) is 15.3. The van der Waals surface area contributed by atoms with Gasteiger partial charge in [-0.05, 0) is 56.2 Å². The molecule has 7 nitrogen and oxygen atoms in total. The Kier molecular flexibility index (Phi) is 6.62. The van der Waals surface area contributed by atoms with Crippen molar-refractivity contribution in [2.45, 2.75) is 32.8 Å². The Balaban J connectivity index is 1.55. The maximum Gasteiger partial charge on any atom is 0.271 e. The number of hydrogen-bond donors (Lipinski definition) is 2. The highest BCUT2D eigenvalue weighted by atomic mass is 16.6. The summed E-state index contributed by atoms with van der Waals surface area (Å²) < 4.78 is 11.4. The van der Waals surface area contributed by atoms with Crippen LogP contribution < -0.4 is 20.1 Å². The number of carbonyl (C=O) groups is 1. The van der Waals surface area contributed by atoms with Gasteiger partial charge >= 0.3 is 0 Å². The third-order valence-electron chi connectivity index (χ3n) is 5.82. The Morgan fingerprint density at radius 1 is 1.23 bits per heavy atom. The van der Waals surface area contributed by atoms with E-state index in [9.17, 15) is 10.0 Å². The lowest BCUT2D eigenvalue weighted by atomic mass is 9.98. The van der Waals surface area contributed by atoms with Crippen LogP contribution in [-0.2, 0) is 11.2 Å². The summed E-state index contributed by atoms with van der Waals surface area (Å²) >= 11 is 0. The summed E-state index contributed by atoms with van der Waals surface area (Å²) in [5.41, 5.74) is 7.07. The predicted octanol–water partition coefficient (Wildman–Crippen LogP) is 5.28. The molecule has 0 aliphatic carbocycles. The molecule has 0 spiro atoms. The van der Waals surface area contributed by atoms with E-state index >= 15 is 0 Å². The fourth-order valence-electron chi connectivity index (χ4n) is 4.12. The summed E-state index contributed by atoms with van der Waals surface area (Å²) in [5, 5.41) is 11.4. The topological polar surface area (TPSA) is 83.9 Å². The van der Waals surface area contributed by atoms with Crippen LogP contribution in [0.5, 0.6) is 11.5 Å². The lowest BCUT2D eigenvalue weighted by Crippen LogP contribution is -2.40. The van der Waals surface area contributed by atoms with E-state index in [1.807, 2.05) is 69.3 Å². The highest BCUT2D eigenvalue weighted by Gasteiger charge is 2.35. The zero-order chi connectivity index (χ0) is 25.2. The Hall–Kier alpha value is -4.10. The van der Waals surface area contributed by atoms with Crippen molar-refractivity contribution < 1.29 is 19.5 Å². The normalized spacial score (nSPS) is 13.7. The molecule has 0 saturated carbocycles. The maximum atomic E-state index is 12.9. The number of rotatable bonds is 7. The van der Waals surface area contributed by atoms with Crippen LogP contribution in [0, 0.1) is 6.92 Å². The quantitative estimate of drug-likeness (QED) is 0.277. The van der Waals surface area contributed by atoms with Crippen molar-refractivity contribution in [3.63, 3.8) is 0 Å². The predicted molar refractivity (Wildman–Crippen MR) is 136 cm³/mol. The SMILES string of the molecule is C=C(/C=C\c1c(C)cccc1-c1ccccn1)C(=O)NN(O)c1c(OC)ccc2c1OC(C)(C)C2. The maximum absolute atomic E-state index is 12.9. The molecule has 4 rings (SSSR count). The van der Waals surface area contributed by atoms with Crippen molar-refractivity contribution in [2.75, 3.05) is 12.3 Å². The number of fused-ring (bicyclic) bond motifs is 1. The number of benzene rings is 2. The van der Waals surface area contributed by atoms with Gasteiger partial charge in [0.2, 0.25) is 0 Å². The lowest BCUT2D eigenvalue weighted by molar-refractivity contribution is -0.118. The molecule has 0 bridgehead atoms. The molecule has 0 fully saturated rings. The molecule has 1 aliphatic rings. The Morgan fingerprint density at radius 3 is 2.74 bits per heavy atom. The van der Waals surface area contributed by atoms with Gasteiger partial charge in [-0.3, -0.25) is 15.0 Å².